The van der Waals surface area contributed by atoms with Crippen LogP contribution in [0.15, 0.2) is 46.3 Å². The molecule has 0 spiro atoms. The highest BCUT2D eigenvalue weighted by molar-refractivity contribution is 8.18. The molecule has 46 heavy (non-hydrogen) atoms. The molecule has 0 bridgehead atoms. The normalized spacial score (nSPS) is 17.3. The fraction of sp³-hybridized carbons (Fsp3) is 0.500. The van der Waals surface area contributed by atoms with E-state index in [9.17, 15) is 31.1 Å². The van der Waals surface area contributed by atoms with Gasteiger partial charge in [0.2, 0.25) is 0 Å². The van der Waals surface area contributed by atoms with Gasteiger partial charge in [0.05, 0.1) is 23.1 Å². The number of amides is 1. The summed E-state index contributed by atoms with van der Waals surface area (Å²) in [7, 11) is 1.35. The minimum absolute atomic E-state index is 0.0767. The lowest BCUT2D eigenvalue weighted by atomic mass is 10.0. The van der Waals surface area contributed by atoms with Gasteiger partial charge in [-0.1, -0.05) is 26.0 Å². The average molecular weight is 673 g/mol. The van der Waals surface area contributed by atoms with Crippen molar-refractivity contribution in [3.63, 3.8) is 0 Å². The molecule has 4 rings (SSSR count). The Balaban J connectivity index is 1.36. The van der Waals surface area contributed by atoms with Crippen LogP contribution in [-0.4, -0.2) is 85.2 Å². The first-order chi connectivity index (χ1) is 21.8. The molecule has 1 fully saturated rings. The summed E-state index contributed by atoms with van der Waals surface area (Å²) in [6, 6.07) is 6.05. The lowest BCUT2D eigenvalue weighted by Gasteiger charge is -2.36. The molecule has 0 aliphatic carbocycles. The van der Waals surface area contributed by atoms with Gasteiger partial charge >= 0.3 is 12.4 Å². The predicted molar refractivity (Wildman–Crippen MR) is 167 cm³/mol. The van der Waals surface area contributed by atoms with Crippen LogP contribution in [-0.2, 0) is 23.8 Å². The van der Waals surface area contributed by atoms with Crippen molar-refractivity contribution >= 4 is 28.9 Å². The third kappa shape index (κ3) is 9.41. The number of hydrogen-bond acceptors (Lipinski definition) is 7. The molecule has 2 aromatic carbocycles. The quantitative estimate of drug-likeness (QED) is 0.178. The van der Waals surface area contributed by atoms with Crippen LogP contribution in [0.5, 0.6) is 11.5 Å². The highest BCUT2D eigenvalue weighted by Gasteiger charge is 2.38. The van der Waals surface area contributed by atoms with Crippen LogP contribution in [0.2, 0.25) is 0 Å². The monoisotopic (exact) mass is 672 g/mol. The summed E-state index contributed by atoms with van der Waals surface area (Å²) in [5.74, 6) is -0.0946. The second-order valence-corrected chi connectivity index (χ2v) is 12.1. The van der Waals surface area contributed by atoms with E-state index in [0.717, 1.165) is 71.3 Å². The molecule has 252 valence electrons. The standard InChI is InChI=1S/C32H38F6N4O3S/c1-4-10-40(11-5-2)12-13-41-14-16-42(17-15-41)30-39-29(43)28(46-30)19-22-6-9-26(27(18-22)44-3)45-21-23-7-8-24(31(33,34)35)20-25(23)32(36,37)38/h6-9,18-20H,4-5,10-17,21H2,1-3H3/b28-19-. The van der Waals surface area contributed by atoms with Gasteiger partial charge in [0.15, 0.2) is 16.7 Å². The van der Waals surface area contributed by atoms with Gasteiger partial charge in [0.1, 0.15) is 6.61 Å². The van der Waals surface area contributed by atoms with Crippen LogP contribution in [0.1, 0.15) is 48.9 Å². The molecule has 2 aromatic rings. The highest BCUT2D eigenvalue weighted by atomic mass is 32.2. The van der Waals surface area contributed by atoms with Gasteiger partial charge in [0.25, 0.3) is 5.91 Å². The minimum Gasteiger partial charge on any atom is -0.493 e. The smallest absolute Gasteiger partial charge is 0.416 e. The molecule has 1 amide bonds. The van der Waals surface area contributed by atoms with E-state index in [-0.39, 0.29) is 23.5 Å². The Morgan fingerprint density at radius 2 is 1.61 bits per heavy atom. The molecular formula is C32H38F6N4O3S. The Morgan fingerprint density at radius 1 is 0.913 bits per heavy atom. The number of carbonyl (C=O) groups excluding carboxylic acids is 1. The number of benzene rings is 2. The van der Waals surface area contributed by atoms with Crippen molar-refractivity contribution in [1.29, 1.82) is 0 Å². The topological polar surface area (TPSA) is 57.6 Å². The highest BCUT2D eigenvalue weighted by Crippen LogP contribution is 2.39. The third-order valence-electron chi connectivity index (χ3n) is 7.68. The summed E-state index contributed by atoms with van der Waals surface area (Å²) >= 11 is 1.29. The predicted octanol–water partition coefficient (Wildman–Crippen LogP) is 7.02. The molecule has 14 heteroatoms. The van der Waals surface area contributed by atoms with E-state index < -0.39 is 35.6 Å². The number of carbonyl (C=O) groups is 1. The van der Waals surface area contributed by atoms with Gasteiger partial charge in [-0.15, -0.1) is 0 Å². The molecule has 2 aliphatic rings. The Labute approximate surface area is 269 Å². The van der Waals surface area contributed by atoms with Crippen molar-refractivity contribution in [1.82, 2.24) is 14.7 Å². The number of nitrogens with zero attached hydrogens (tertiary/aromatic N) is 4. The van der Waals surface area contributed by atoms with E-state index in [1.165, 1.54) is 24.9 Å². The second kappa shape index (κ2) is 15.6. The van der Waals surface area contributed by atoms with E-state index >= 15 is 0 Å². The number of methoxy groups -OCH3 is 1. The summed E-state index contributed by atoms with van der Waals surface area (Å²) < 4.78 is 90.5. The molecule has 2 aliphatic heterocycles. The van der Waals surface area contributed by atoms with Crippen LogP contribution in [0, 0.1) is 0 Å². The summed E-state index contributed by atoms with van der Waals surface area (Å²) in [4.78, 5) is 24.5. The van der Waals surface area contributed by atoms with Crippen LogP contribution < -0.4 is 9.47 Å². The van der Waals surface area contributed by atoms with Gasteiger partial charge in [-0.3, -0.25) is 9.69 Å². The fourth-order valence-corrected chi connectivity index (χ4v) is 6.25. The van der Waals surface area contributed by atoms with Gasteiger partial charge < -0.3 is 19.3 Å². The number of aliphatic imine (C=N–C) groups is 1. The molecule has 0 N–H and O–H groups in total. The lowest BCUT2D eigenvalue weighted by molar-refractivity contribution is -0.143. The van der Waals surface area contributed by atoms with Gasteiger partial charge in [-0.05, 0) is 73.6 Å². The van der Waals surface area contributed by atoms with Crippen LogP contribution in [0.4, 0.5) is 26.3 Å². The van der Waals surface area contributed by atoms with E-state index in [4.69, 9.17) is 9.47 Å². The summed E-state index contributed by atoms with van der Waals surface area (Å²) in [5.41, 5.74) is -2.70. The Kier molecular flexibility index (Phi) is 12.1. The summed E-state index contributed by atoms with van der Waals surface area (Å²) in [6.45, 7) is 11.3. The minimum atomic E-state index is -5.01. The van der Waals surface area contributed by atoms with Gasteiger partial charge in [-0.2, -0.15) is 31.3 Å². The lowest BCUT2D eigenvalue weighted by Crippen LogP contribution is -2.49. The number of ether oxygens (including phenoxy) is 2. The number of amidine groups is 1. The summed E-state index contributed by atoms with van der Waals surface area (Å²) in [6.07, 6.45) is -6.00. The zero-order valence-corrected chi connectivity index (χ0v) is 26.8. The van der Waals surface area contributed by atoms with Crippen molar-refractivity contribution < 1.29 is 40.6 Å². The fourth-order valence-electron chi connectivity index (χ4n) is 5.29. The first-order valence-corrected chi connectivity index (χ1v) is 15.9. The second-order valence-electron chi connectivity index (χ2n) is 11.0. The Bertz CT molecular complexity index is 1420. The van der Waals surface area contributed by atoms with Crippen molar-refractivity contribution in [2.24, 2.45) is 4.99 Å². The van der Waals surface area contributed by atoms with Gasteiger partial charge in [-0.25, -0.2) is 0 Å². The molecule has 0 radical (unpaired) electrons. The van der Waals surface area contributed by atoms with Gasteiger partial charge in [0, 0.05) is 44.8 Å². The van der Waals surface area contributed by atoms with Crippen LogP contribution in [0.3, 0.4) is 0 Å². The number of piperazine rings is 1. The Morgan fingerprint density at radius 3 is 2.22 bits per heavy atom. The maximum atomic E-state index is 13.5. The summed E-state index contributed by atoms with van der Waals surface area (Å²) in [5, 5.41) is 0.651. The van der Waals surface area contributed by atoms with Crippen molar-refractivity contribution in [3.05, 3.63) is 63.6 Å². The van der Waals surface area contributed by atoms with E-state index in [2.05, 4.69) is 33.5 Å². The molecule has 0 aromatic heterocycles. The average Bonchev–Trinajstić information content (AvgIpc) is 3.38. The zero-order chi connectivity index (χ0) is 33.5. The molecular weight excluding hydrogens is 634 g/mol. The first kappa shape index (κ1) is 35.6. The van der Waals surface area contributed by atoms with Crippen LogP contribution in [0.25, 0.3) is 6.08 Å². The van der Waals surface area contributed by atoms with Crippen molar-refractivity contribution in [3.8, 4) is 11.5 Å². The van der Waals surface area contributed by atoms with Crippen LogP contribution >= 0.6 is 11.8 Å². The Hall–Kier alpha value is -3.23. The van der Waals surface area contributed by atoms with Crippen molar-refractivity contribution in [2.45, 2.75) is 45.6 Å². The number of thioether (sulfide) groups is 1. The van der Waals surface area contributed by atoms with E-state index in [1.54, 1.807) is 18.2 Å². The maximum absolute atomic E-state index is 13.5. The van der Waals surface area contributed by atoms with Crippen molar-refractivity contribution in [2.75, 3.05) is 59.5 Å². The molecule has 1 saturated heterocycles. The molecule has 0 saturated carbocycles. The molecule has 0 unspecified atom stereocenters. The number of rotatable bonds is 12. The number of halogens is 6. The van der Waals surface area contributed by atoms with E-state index in [1.807, 2.05) is 0 Å². The zero-order valence-electron chi connectivity index (χ0n) is 26.0. The maximum Gasteiger partial charge on any atom is 0.416 e. The largest absolute Gasteiger partial charge is 0.493 e. The first-order valence-electron chi connectivity index (χ1n) is 15.1. The SMILES string of the molecule is CCCN(CCC)CCN1CCN(C2=NC(=O)/C(=C/c3ccc(OCc4ccc(C(F)(F)F)cc4C(F)(F)F)c(OC)c3)S2)CC1. The van der Waals surface area contributed by atoms with E-state index in [0.29, 0.717) is 21.7 Å². The molecule has 2 heterocycles. The third-order valence-corrected chi connectivity index (χ3v) is 8.72. The number of alkyl halides is 6. The molecule has 0 atom stereocenters. The number of hydrogen-bond donors (Lipinski definition) is 0. The molecule has 7 nitrogen and oxygen atoms in total.